The Labute approximate surface area is 110 Å². The van der Waals surface area contributed by atoms with Crippen LogP contribution in [0, 0.1) is 0 Å². The summed E-state index contributed by atoms with van der Waals surface area (Å²) in [5, 5.41) is 3.37. The first-order valence-electron chi connectivity index (χ1n) is 6.86. The molecule has 3 heteroatoms. The predicted octanol–water partition coefficient (Wildman–Crippen LogP) is 1.71. The summed E-state index contributed by atoms with van der Waals surface area (Å²) in [4.78, 5) is 2.17. The Balaban J connectivity index is 1.65. The number of aryl methyl sites for hydroxylation is 2. The van der Waals surface area contributed by atoms with Gasteiger partial charge in [0, 0.05) is 19.6 Å². The second-order valence-electron chi connectivity index (χ2n) is 5.19. The molecule has 1 aliphatic rings. The first-order chi connectivity index (χ1) is 8.75. The second-order valence-corrected chi connectivity index (χ2v) is 5.19. The highest BCUT2D eigenvalue weighted by molar-refractivity contribution is 5.38. The lowest BCUT2D eigenvalue weighted by atomic mass is 10.1. The Kier molecular flexibility index (Phi) is 5.02. The third kappa shape index (κ3) is 4.00. The molecule has 0 aromatic heterocycles. The molecule has 0 fully saturated rings. The van der Waals surface area contributed by atoms with Crippen LogP contribution in [0.15, 0.2) is 18.2 Å². The first kappa shape index (κ1) is 13.4. The van der Waals surface area contributed by atoms with E-state index in [1.807, 2.05) is 0 Å². The summed E-state index contributed by atoms with van der Waals surface area (Å²) >= 11 is 0. The number of rotatable bonds is 7. The maximum Gasteiger partial charge on any atom is 0.119 e. The van der Waals surface area contributed by atoms with E-state index >= 15 is 0 Å². The van der Waals surface area contributed by atoms with Crippen molar-refractivity contribution < 1.29 is 4.74 Å². The summed E-state index contributed by atoms with van der Waals surface area (Å²) in [6.07, 6.45) is 3.75. The fourth-order valence-corrected chi connectivity index (χ4v) is 2.31. The van der Waals surface area contributed by atoms with Gasteiger partial charge in [0.2, 0.25) is 0 Å². The number of likely N-dealkylation sites (N-methyl/N-ethyl adjacent to an activating group) is 1. The number of ether oxygens (including phenoxy) is 1. The fourth-order valence-electron chi connectivity index (χ4n) is 2.31. The van der Waals surface area contributed by atoms with Crippen molar-refractivity contribution in [1.29, 1.82) is 0 Å². The number of benzene rings is 1. The van der Waals surface area contributed by atoms with Gasteiger partial charge in [0.15, 0.2) is 0 Å². The summed E-state index contributed by atoms with van der Waals surface area (Å²) in [5.74, 6) is 1.02. The van der Waals surface area contributed by atoms with Crippen LogP contribution in [0.5, 0.6) is 5.75 Å². The van der Waals surface area contributed by atoms with Gasteiger partial charge >= 0.3 is 0 Å². The maximum absolute atomic E-state index is 5.76. The van der Waals surface area contributed by atoms with Gasteiger partial charge in [-0.25, -0.2) is 0 Å². The van der Waals surface area contributed by atoms with Crippen molar-refractivity contribution in [1.82, 2.24) is 10.2 Å². The maximum atomic E-state index is 5.76. The van der Waals surface area contributed by atoms with Gasteiger partial charge in [-0.15, -0.1) is 0 Å². The van der Waals surface area contributed by atoms with Crippen molar-refractivity contribution in [2.75, 3.05) is 40.3 Å². The largest absolute Gasteiger partial charge is 0.492 e. The highest BCUT2D eigenvalue weighted by atomic mass is 16.5. The molecule has 0 heterocycles. The van der Waals surface area contributed by atoms with E-state index in [0.717, 1.165) is 32.0 Å². The van der Waals surface area contributed by atoms with Gasteiger partial charge in [0.25, 0.3) is 0 Å². The molecule has 0 atom stereocenters. The van der Waals surface area contributed by atoms with Crippen LogP contribution < -0.4 is 10.1 Å². The SMILES string of the molecule is CN(C)CCNCCOc1ccc2c(c1)CCC2. The van der Waals surface area contributed by atoms with Gasteiger partial charge in [0.05, 0.1) is 0 Å². The minimum Gasteiger partial charge on any atom is -0.492 e. The first-order valence-corrected chi connectivity index (χ1v) is 6.86. The molecule has 0 unspecified atom stereocenters. The molecule has 0 spiro atoms. The van der Waals surface area contributed by atoms with Crippen molar-refractivity contribution >= 4 is 0 Å². The van der Waals surface area contributed by atoms with E-state index in [-0.39, 0.29) is 0 Å². The summed E-state index contributed by atoms with van der Waals surface area (Å²) in [6, 6.07) is 6.53. The molecule has 1 aromatic carbocycles. The van der Waals surface area contributed by atoms with E-state index in [4.69, 9.17) is 4.74 Å². The summed E-state index contributed by atoms with van der Waals surface area (Å²) in [7, 11) is 4.17. The second kappa shape index (κ2) is 6.76. The Morgan fingerprint density at radius 1 is 1.17 bits per heavy atom. The van der Waals surface area contributed by atoms with Gasteiger partial charge in [-0.05, 0) is 56.6 Å². The fraction of sp³-hybridized carbons (Fsp3) is 0.600. The Hall–Kier alpha value is -1.06. The highest BCUT2D eigenvalue weighted by Gasteiger charge is 2.10. The van der Waals surface area contributed by atoms with E-state index in [1.165, 1.54) is 30.4 Å². The van der Waals surface area contributed by atoms with Gasteiger partial charge in [0.1, 0.15) is 12.4 Å². The summed E-state index contributed by atoms with van der Waals surface area (Å²) < 4.78 is 5.76. The molecule has 0 aliphatic heterocycles. The number of fused-ring (bicyclic) bond motifs is 1. The molecule has 1 N–H and O–H groups in total. The summed E-state index contributed by atoms with van der Waals surface area (Å²) in [6.45, 7) is 3.73. The Morgan fingerprint density at radius 2 is 2.00 bits per heavy atom. The van der Waals surface area contributed by atoms with Crippen molar-refractivity contribution in [2.24, 2.45) is 0 Å². The van der Waals surface area contributed by atoms with Gasteiger partial charge in [-0.3, -0.25) is 0 Å². The standard InChI is InChI=1S/C15H24N2O/c1-17(2)10-8-16-9-11-18-15-7-6-13-4-3-5-14(13)12-15/h6-7,12,16H,3-5,8-11H2,1-2H3. The number of nitrogens with one attached hydrogen (secondary N) is 1. The third-order valence-corrected chi connectivity index (χ3v) is 3.35. The monoisotopic (exact) mass is 248 g/mol. The molecule has 2 rings (SSSR count). The summed E-state index contributed by atoms with van der Waals surface area (Å²) in [5.41, 5.74) is 2.99. The average Bonchev–Trinajstić information content (AvgIpc) is 2.80. The molecule has 0 saturated carbocycles. The van der Waals surface area contributed by atoms with Crippen LogP contribution in [-0.4, -0.2) is 45.2 Å². The molecule has 100 valence electrons. The lowest BCUT2D eigenvalue weighted by molar-refractivity contribution is 0.308. The van der Waals surface area contributed by atoms with E-state index < -0.39 is 0 Å². The normalized spacial score (nSPS) is 13.9. The van der Waals surface area contributed by atoms with Crippen LogP contribution in [0.4, 0.5) is 0 Å². The zero-order valence-electron chi connectivity index (χ0n) is 11.5. The van der Waals surface area contributed by atoms with Crippen LogP contribution in [-0.2, 0) is 12.8 Å². The van der Waals surface area contributed by atoms with E-state index in [2.05, 4.69) is 42.5 Å². The third-order valence-electron chi connectivity index (χ3n) is 3.35. The number of nitrogens with zero attached hydrogens (tertiary/aromatic N) is 1. The molecule has 0 saturated heterocycles. The van der Waals surface area contributed by atoms with Crippen molar-refractivity contribution in [3.8, 4) is 5.75 Å². The predicted molar refractivity (Wildman–Crippen MR) is 75.4 cm³/mol. The molecule has 0 amide bonds. The van der Waals surface area contributed by atoms with Crippen LogP contribution >= 0.6 is 0 Å². The quantitative estimate of drug-likeness (QED) is 0.743. The van der Waals surface area contributed by atoms with E-state index in [0.29, 0.717) is 0 Å². The molecule has 0 radical (unpaired) electrons. The van der Waals surface area contributed by atoms with E-state index in [1.54, 1.807) is 0 Å². The molecule has 1 aromatic rings. The molecular formula is C15H24N2O. The van der Waals surface area contributed by atoms with Crippen molar-refractivity contribution in [2.45, 2.75) is 19.3 Å². The van der Waals surface area contributed by atoms with Crippen molar-refractivity contribution in [3.05, 3.63) is 29.3 Å². The van der Waals surface area contributed by atoms with Crippen LogP contribution in [0.3, 0.4) is 0 Å². The smallest absolute Gasteiger partial charge is 0.119 e. The molecule has 0 bridgehead atoms. The lowest BCUT2D eigenvalue weighted by Gasteiger charge is -2.11. The number of hydrogen-bond donors (Lipinski definition) is 1. The topological polar surface area (TPSA) is 24.5 Å². The van der Waals surface area contributed by atoms with Gasteiger partial charge in [-0.1, -0.05) is 6.07 Å². The van der Waals surface area contributed by atoms with Gasteiger partial charge < -0.3 is 15.0 Å². The average molecular weight is 248 g/mol. The zero-order valence-corrected chi connectivity index (χ0v) is 11.5. The molecule has 3 nitrogen and oxygen atoms in total. The number of hydrogen-bond acceptors (Lipinski definition) is 3. The Bertz CT molecular complexity index is 377. The minimum absolute atomic E-state index is 0.742. The van der Waals surface area contributed by atoms with E-state index in [9.17, 15) is 0 Å². The van der Waals surface area contributed by atoms with Crippen LogP contribution in [0.2, 0.25) is 0 Å². The Morgan fingerprint density at radius 3 is 2.83 bits per heavy atom. The molecule has 18 heavy (non-hydrogen) atoms. The van der Waals surface area contributed by atoms with Gasteiger partial charge in [-0.2, -0.15) is 0 Å². The molecular weight excluding hydrogens is 224 g/mol. The van der Waals surface area contributed by atoms with Crippen molar-refractivity contribution in [3.63, 3.8) is 0 Å². The zero-order chi connectivity index (χ0) is 12.8. The minimum atomic E-state index is 0.742. The molecule has 1 aliphatic carbocycles. The lowest BCUT2D eigenvalue weighted by Crippen LogP contribution is -2.29. The van der Waals surface area contributed by atoms with Crippen LogP contribution in [0.25, 0.3) is 0 Å². The van der Waals surface area contributed by atoms with Crippen LogP contribution in [0.1, 0.15) is 17.5 Å². The highest BCUT2D eigenvalue weighted by Crippen LogP contribution is 2.25.